The molecule has 0 spiro atoms. The van der Waals surface area contributed by atoms with Crippen LogP contribution in [-0.4, -0.2) is 96.7 Å². The standard InChI is InChI=1S/C77H150O17P2/c1-8-11-12-13-14-15-20-30-37-44-51-58-74(79)87-64-73(94-77(82)61-54-47-40-33-26-24-29-36-43-50-57-70(7)10-3)67-92-96(85,86)90-63-71(78)62-89-95(83,84)91-66-72(65-88-75(80)59-52-45-38-31-25-23-28-35-42-49-56-69(6)9-2)93-76(81)60-53-46-39-32-22-19-17-16-18-21-27-34-41-48-55-68(4)5/h68-73,78H,8-67H2,1-7H3,(H,83,84)(H,85,86)/t69?,70?,71-,72-,73-/m1/s1. The van der Waals surface area contributed by atoms with Gasteiger partial charge in [0.15, 0.2) is 12.2 Å². The summed E-state index contributed by atoms with van der Waals surface area (Å²) < 4.78 is 68.6. The van der Waals surface area contributed by atoms with Crippen LogP contribution < -0.4 is 0 Å². The Hall–Kier alpha value is -1.94. The molecule has 0 aliphatic rings. The molecule has 3 N–H and O–H groups in total. The summed E-state index contributed by atoms with van der Waals surface area (Å²) >= 11 is 0. The number of phosphoric ester groups is 2. The van der Waals surface area contributed by atoms with Crippen LogP contribution in [0.25, 0.3) is 0 Å². The van der Waals surface area contributed by atoms with Gasteiger partial charge in [-0.3, -0.25) is 37.3 Å². The first-order valence-corrected chi connectivity index (χ1v) is 42.9. The van der Waals surface area contributed by atoms with Gasteiger partial charge in [-0.05, 0) is 43.4 Å². The molecule has 0 heterocycles. The molecule has 4 unspecified atom stereocenters. The van der Waals surface area contributed by atoms with Gasteiger partial charge in [0.2, 0.25) is 0 Å². The van der Waals surface area contributed by atoms with Crippen molar-refractivity contribution >= 4 is 39.5 Å². The Kier molecular flexibility index (Phi) is 66.2. The van der Waals surface area contributed by atoms with E-state index in [0.29, 0.717) is 25.7 Å². The molecule has 17 nitrogen and oxygen atoms in total. The van der Waals surface area contributed by atoms with Crippen LogP contribution in [-0.2, 0) is 65.4 Å². The van der Waals surface area contributed by atoms with E-state index in [4.69, 9.17) is 37.0 Å². The van der Waals surface area contributed by atoms with Crippen molar-refractivity contribution in [2.45, 2.75) is 414 Å². The lowest BCUT2D eigenvalue weighted by Gasteiger charge is -2.21. The van der Waals surface area contributed by atoms with E-state index in [0.717, 1.165) is 108 Å². The summed E-state index contributed by atoms with van der Waals surface area (Å²) in [6.45, 7) is 12.0. The molecule has 0 rings (SSSR count). The van der Waals surface area contributed by atoms with E-state index in [2.05, 4.69) is 48.5 Å². The van der Waals surface area contributed by atoms with Crippen molar-refractivity contribution in [3.8, 4) is 0 Å². The van der Waals surface area contributed by atoms with Crippen LogP contribution in [0.1, 0.15) is 395 Å². The van der Waals surface area contributed by atoms with Crippen LogP contribution in [0.15, 0.2) is 0 Å². The van der Waals surface area contributed by atoms with Gasteiger partial charge >= 0.3 is 39.5 Å². The molecular weight excluding hydrogens is 1260 g/mol. The van der Waals surface area contributed by atoms with E-state index in [1.165, 1.54) is 205 Å². The number of phosphoric acid groups is 2. The average Bonchev–Trinajstić information content (AvgIpc) is 1.17. The fraction of sp³-hybridized carbons (Fsp3) is 0.948. The van der Waals surface area contributed by atoms with Crippen LogP contribution in [0.2, 0.25) is 0 Å². The predicted octanol–water partition coefficient (Wildman–Crippen LogP) is 22.6. The Labute approximate surface area is 588 Å². The summed E-state index contributed by atoms with van der Waals surface area (Å²) in [6, 6.07) is 0. The van der Waals surface area contributed by atoms with Gasteiger partial charge in [-0.1, -0.05) is 344 Å². The van der Waals surface area contributed by atoms with E-state index in [9.17, 15) is 43.2 Å². The molecule has 0 aromatic heterocycles. The van der Waals surface area contributed by atoms with E-state index < -0.39 is 97.5 Å². The summed E-state index contributed by atoms with van der Waals surface area (Å²) in [6.07, 6.45) is 53.8. The second kappa shape index (κ2) is 67.5. The highest BCUT2D eigenvalue weighted by molar-refractivity contribution is 7.47. The number of ether oxygens (including phenoxy) is 4. The maximum atomic E-state index is 13.1. The van der Waals surface area contributed by atoms with Crippen molar-refractivity contribution < 1.29 is 80.2 Å². The third-order valence-corrected chi connectivity index (χ3v) is 20.5. The first-order chi connectivity index (χ1) is 46.3. The van der Waals surface area contributed by atoms with Crippen molar-refractivity contribution in [3.05, 3.63) is 0 Å². The molecule has 0 amide bonds. The number of hydrogen-bond acceptors (Lipinski definition) is 15. The fourth-order valence-corrected chi connectivity index (χ4v) is 13.3. The maximum absolute atomic E-state index is 13.1. The molecule has 0 saturated heterocycles. The third-order valence-electron chi connectivity index (χ3n) is 18.6. The fourth-order valence-electron chi connectivity index (χ4n) is 11.7. The monoisotopic (exact) mass is 1410 g/mol. The molecular formula is C77H150O17P2. The number of carbonyl (C=O) groups is 4. The zero-order valence-electron chi connectivity index (χ0n) is 62.8. The van der Waals surface area contributed by atoms with Gasteiger partial charge in [0.1, 0.15) is 19.3 Å². The minimum absolute atomic E-state index is 0.106. The number of esters is 4. The Morgan fingerprint density at radius 3 is 0.792 bits per heavy atom. The largest absolute Gasteiger partial charge is 0.472 e. The second-order valence-electron chi connectivity index (χ2n) is 28.7. The van der Waals surface area contributed by atoms with Crippen LogP contribution in [0.5, 0.6) is 0 Å². The highest BCUT2D eigenvalue weighted by Crippen LogP contribution is 2.45. The Morgan fingerprint density at radius 2 is 0.531 bits per heavy atom. The number of aliphatic hydroxyl groups is 1. The molecule has 0 saturated carbocycles. The van der Waals surface area contributed by atoms with Gasteiger partial charge in [-0.25, -0.2) is 9.13 Å². The van der Waals surface area contributed by atoms with Gasteiger partial charge in [0.25, 0.3) is 0 Å². The number of hydrogen-bond donors (Lipinski definition) is 3. The van der Waals surface area contributed by atoms with Crippen LogP contribution in [0.3, 0.4) is 0 Å². The SMILES string of the molecule is CCCCCCCCCCCCCC(=O)OC[C@H](COP(=O)(O)OC[C@H](O)COP(=O)(O)OC[C@@H](COC(=O)CCCCCCCCCCCCC(C)CC)OC(=O)CCCCCCCCCCCCCCCCC(C)C)OC(=O)CCCCCCCCCCCCC(C)CC. The molecule has 0 fully saturated rings. The molecule has 0 aliphatic heterocycles. The normalized spacial score (nSPS) is 14.6. The van der Waals surface area contributed by atoms with Crippen molar-refractivity contribution in [1.82, 2.24) is 0 Å². The summed E-state index contributed by atoms with van der Waals surface area (Å²) in [5.74, 6) is 0.293. The minimum Gasteiger partial charge on any atom is -0.462 e. The highest BCUT2D eigenvalue weighted by Gasteiger charge is 2.30. The molecule has 19 heteroatoms. The predicted molar refractivity (Wildman–Crippen MR) is 391 cm³/mol. The lowest BCUT2D eigenvalue weighted by Crippen LogP contribution is -2.30. The summed E-state index contributed by atoms with van der Waals surface area (Å²) in [5.41, 5.74) is 0. The topological polar surface area (TPSA) is 237 Å². The van der Waals surface area contributed by atoms with Crippen molar-refractivity contribution in [2.75, 3.05) is 39.6 Å². The molecule has 0 aliphatic carbocycles. The average molecular weight is 1410 g/mol. The van der Waals surface area contributed by atoms with E-state index in [1.54, 1.807) is 0 Å². The van der Waals surface area contributed by atoms with Gasteiger partial charge in [-0.2, -0.15) is 0 Å². The molecule has 0 radical (unpaired) electrons. The Bertz CT molecular complexity index is 1870. The molecule has 0 bridgehead atoms. The lowest BCUT2D eigenvalue weighted by atomic mass is 9.99. The van der Waals surface area contributed by atoms with Crippen molar-refractivity contribution in [1.29, 1.82) is 0 Å². The van der Waals surface area contributed by atoms with Crippen LogP contribution in [0, 0.1) is 17.8 Å². The van der Waals surface area contributed by atoms with E-state index in [-0.39, 0.29) is 25.7 Å². The van der Waals surface area contributed by atoms with E-state index >= 15 is 0 Å². The Balaban J connectivity index is 5.27. The smallest absolute Gasteiger partial charge is 0.462 e. The molecule has 570 valence electrons. The first-order valence-electron chi connectivity index (χ1n) is 39.9. The van der Waals surface area contributed by atoms with E-state index in [1.807, 2.05) is 0 Å². The number of carbonyl (C=O) groups excluding carboxylic acids is 4. The molecule has 0 aromatic rings. The third kappa shape index (κ3) is 67.9. The zero-order chi connectivity index (χ0) is 70.9. The number of aliphatic hydroxyl groups excluding tert-OH is 1. The van der Waals surface area contributed by atoms with Crippen LogP contribution >= 0.6 is 15.6 Å². The lowest BCUT2D eigenvalue weighted by molar-refractivity contribution is -0.161. The molecule has 7 atom stereocenters. The van der Waals surface area contributed by atoms with Gasteiger partial charge in [-0.15, -0.1) is 0 Å². The number of unbranched alkanes of at least 4 members (excludes halogenated alkanes) is 41. The maximum Gasteiger partial charge on any atom is 0.472 e. The van der Waals surface area contributed by atoms with Crippen molar-refractivity contribution in [3.63, 3.8) is 0 Å². The summed E-state index contributed by atoms with van der Waals surface area (Å²) in [5, 5.41) is 10.6. The van der Waals surface area contributed by atoms with Gasteiger partial charge < -0.3 is 33.8 Å². The zero-order valence-corrected chi connectivity index (χ0v) is 64.6. The summed E-state index contributed by atoms with van der Waals surface area (Å²) in [4.78, 5) is 72.9. The molecule has 0 aromatic carbocycles. The van der Waals surface area contributed by atoms with Crippen LogP contribution in [0.4, 0.5) is 0 Å². The van der Waals surface area contributed by atoms with Crippen molar-refractivity contribution in [2.24, 2.45) is 17.8 Å². The highest BCUT2D eigenvalue weighted by atomic mass is 31.2. The Morgan fingerprint density at radius 1 is 0.302 bits per heavy atom. The second-order valence-corrected chi connectivity index (χ2v) is 31.6. The minimum atomic E-state index is -4.96. The van der Waals surface area contributed by atoms with Gasteiger partial charge in [0, 0.05) is 25.7 Å². The molecule has 96 heavy (non-hydrogen) atoms. The summed E-state index contributed by atoms with van der Waals surface area (Å²) in [7, 11) is -9.91. The number of rotatable bonds is 75. The quantitative estimate of drug-likeness (QED) is 0.0222. The van der Waals surface area contributed by atoms with Gasteiger partial charge in [0.05, 0.1) is 26.4 Å². The first kappa shape index (κ1) is 94.1.